The van der Waals surface area contributed by atoms with Gasteiger partial charge in [0.05, 0.1) is 24.8 Å². The van der Waals surface area contributed by atoms with E-state index in [1.165, 1.54) is 0 Å². The van der Waals surface area contributed by atoms with Gasteiger partial charge < -0.3 is 10.1 Å². The van der Waals surface area contributed by atoms with Crippen molar-refractivity contribution >= 4 is 5.91 Å². The van der Waals surface area contributed by atoms with Crippen molar-refractivity contribution in [1.29, 1.82) is 5.26 Å². The number of amides is 1. The Morgan fingerprint density at radius 1 is 1.14 bits per heavy atom. The van der Waals surface area contributed by atoms with E-state index in [1.54, 1.807) is 12.1 Å². The number of nitrogens with zero attached hydrogens (tertiary/aromatic N) is 1. The van der Waals surface area contributed by atoms with Crippen LogP contribution >= 0.6 is 0 Å². The average molecular weight is 278 g/mol. The quantitative estimate of drug-likeness (QED) is 0.938. The maximum absolute atomic E-state index is 12.1. The Balaban J connectivity index is 1.65. The first kappa shape index (κ1) is 13.3. The molecule has 1 heterocycles. The maximum atomic E-state index is 12.1. The third kappa shape index (κ3) is 2.93. The highest BCUT2D eigenvalue weighted by atomic mass is 16.5. The first-order chi connectivity index (χ1) is 10.3. The summed E-state index contributed by atoms with van der Waals surface area (Å²) in [5, 5.41) is 11.6. The predicted octanol–water partition coefficient (Wildman–Crippen LogP) is 2.52. The van der Waals surface area contributed by atoms with E-state index >= 15 is 0 Å². The van der Waals surface area contributed by atoms with Crippen LogP contribution in [0.1, 0.15) is 32.6 Å². The van der Waals surface area contributed by atoms with Crippen LogP contribution in [-0.4, -0.2) is 5.91 Å². The number of nitriles is 1. The molecule has 0 saturated carbocycles. The van der Waals surface area contributed by atoms with E-state index in [0.717, 1.165) is 16.7 Å². The van der Waals surface area contributed by atoms with Crippen LogP contribution in [0.15, 0.2) is 42.5 Å². The molecule has 104 valence electrons. The van der Waals surface area contributed by atoms with Crippen molar-refractivity contribution in [3.05, 3.63) is 70.3 Å². The van der Waals surface area contributed by atoms with Crippen molar-refractivity contribution in [3.8, 4) is 6.07 Å². The van der Waals surface area contributed by atoms with Crippen LogP contribution in [0.5, 0.6) is 0 Å². The Kier molecular flexibility index (Phi) is 3.67. The topological polar surface area (TPSA) is 62.1 Å². The van der Waals surface area contributed by atoms with E-state index in [-0.39, 0.29) is 5.91 Å². The van der Waals surface area contributed by atoms with Gasteiger partial charge in [0, 0.05) is 12.1 Å². The van der Waals surface area contributed by atoms with Crippen molar-refractivity contribution < 1.29 is 9.53 Å². The maximum Gasteiger partial charge on any atom is 0.251 e. The minimum absolute atomic E-state index is 0.103. The highest BCUT2D eigenvalue weighted by molar-refractivity contribution is 5.94. The van der Waals surface area contributed by atoms with Gasteiger partial charge in [0.2, 0.25) is 0 Å². The summed E-state index contributed by atoms with van der Waals surface area (Å²) in [6.45, 7) is 1.65. The lowest BCUT2D eigenvalue weighted by molar-refractivity contribution is 0.0950. The SMILES string of the molecule is N#Cc1ccc(CNC(=O)c2ccc3c(c2)COC3)cc1. The lowest BCUT2D eigenvalue weighted by atomic mass is 10.1. The first-order valence-electron chi connectivity index (χ1n) is 6.73. The summed E-state index contributed by atoms with van der Waals surface area (Å²) < 4.78 is 5.34. The summed E-state index contributed by atoms with van der Waals surface area (Å²) in [5.74, 6) is -0.103. The molecule has 3 rings (SSSR count). The Bertz CT molecular complexity index is 715. The fourth-order valence-electron chi connectivity index (χ4n) is 2.29. The number of nitrogens with one attached hydrogen (secondary N) is 1. The fourth-order valence-corrected chi connectivity index (χ4v) is 2.29. The summed E-state index contributed by atoms with van der Waals surface area (Å²) in [6, 6.07) is 14.9. The van der Waals surface area contributed by atoms with Gasteiger partial charge in [0.15, 0.2) is 0 Å². The fraction of sp³-hybridized carbons (Fsp3) is 0.176. The lowest BCUT2D eigenvalue weighted by Crippen LogP contribution is -2.22. The summed E-state index contributed by atoms with van der Waals surface area (Å²) in [6.07, 6.45) is 0. The zero-order valence-corrected chi connectivity index (χ0v) is 11.4. The molecule has 0 aliphatic carbocycles. The van der Waals surface area contributed by atoms with Gasteiger partial charge in [-0.05, 0) is 41.0 Å². The predicted molar refractivity (Wildman–Crippen MR) is 77.3 cm³/mol. The standard InChI is InChI=1S/C17H14N2O2/c18-8-12-1-3-13(4-2-12)9-19-17(20)14-5-6-15-10-21-11-16(15)7-14/h1-7H,9-11H2,(H,19,20). The van der Waals surface area contributed by atoms with Crippen LogP contribution in [0.25, 0.3) is 0 Å². The molecule has 1 aliphatic heterocycles. The molecule has 2 aromatic rings. The third-order valence-corrected chi connectivity index (χ3v) is 3.52. The van der Waals surface area contributed by atoms with Gasteiger partial charge in [-0.2, -0.15) is 5.26 Å². The van der Waals surface area contributed by atoms with Crippen LogP contribution in [0.4, 0.5) is 0 Å². The summed E-state index contributed by atoms with van der Waals surface area (Å²) in [5.41, 5.74) is 4.46. The van der Waals surface area contributed by atoms with Crippen molar-refractivity contribution in [2.45, 2.75) is 19.8 Å². The molecule has 0 fully saturated rings. The summed E-state index contributed by atoms with van der Waals surface area (Å²) in [7, 11) is 0. The molecule has 1 N–H and O–H groups in total. The lowest BCUT2D eigenvalue weighted by Gasteiger charge is -2.07. The smallest absolute Gasteiger partial charge is 0.251 e. The number of benzene rings is 2. The van der Waals surface area contributed by atoms with Crippen LogP contribution in [0.3, 0.4) is 0 Å². The zero-order valence-electron chi connectivity index (χ0n) is 11.4. The number of hydrogen-bond donors (Lipinski definition) is 1. The Labute approximate surface area is 123 Å². The molecule has 4 heteroatoms. The second-order valence-corrected chi connectivity index (χ2v) is 4.97. The van der Waals surface area contributed by atoms with Crippen LogP contribution in [-0.2, 0) is 24.5 Å². The molecule has 0 bridgehead atoms. The molecule has 0 saturated heterocycles. The van der Waals surface area contributed by atoms with Gasteiger partial charge in [-0.1, -0.05) is 18.2 Å². The number of fused-ring (bicyclic) bond motifs is 1. The molecule has 0 spiro atoms. The third-order valence-electron chi connectivity index (χ3n) is 3.52. The highest BCUT2D eigenvalue weighted by Crippen LogP contribution is 2.20. The first-order valence-corrected chi connectivity index (χ1v) is 6.73. The van der Waals surface area contributed by atoms with E-state index in [0.29, 0.717) is 30.9 Å². The number of carbonyl (C=O) groups is 1. The van der Waals surface area contributed by atoms with Crippen LogP contribution in [0, 0.1) is 11.3 Å². The Morgan fingerprint density at radius 2 is 1.90 bits per heavy atom. The highest BCUT2D eigenvalue weighted by Gasteiger charge is 2.14. The van der Waals surface area contributed by atoms with Gasteiger partial charge in [0.1, 0.15) is 0 Å². The Morgan fingerprint density at radius 3 is 2.67 bits per heavy atom. The summed E-state index contributed by atoms with van der Waals surface area (Å²) >= 11 is 0. The minimum Gasteiger partial charge on any atom is -0.372 e. The number of ether oxygens (including phenoxy) is 1. The van der Waals surface area contributed by atoms with Crippen LogP contribution in [0.2, 0.25) is 0 Å². The molecule has 1 amide bonds. The van der Waals surface area contributed by atoms with Crippen molar-refractivity contribution in [2.75, 3.05) is 0 Å². The minimum atomic E-state index is -0.103. The number of hydrogen-bond acceptors (Lipinski definition) is 3. The summed E-state index contributed by atoms with van der Waals surface area (Å²) in [4.78, 5) is 12.1. The largest absolute Gasteiger partial charge is 0.372 e. The monoisotopic (exact) mass is 278 g/mol. The van der Waals surface area contributed by atoms with E-state index in [2.05, 4.69) is 11.4 Å². The normalized spacial score (nSPS) is 12.5. The van der Waals surface area contributed by atoms with Gasteiger partial charge in [-0.15, -0.1) is 0 Å². The molecule has 0 aromatic heterocycles. The molecular weight excluding hydrogens is 264 g/mol. The molecule has 4 nitrogen and oxygen atoms in total. The van der Waals surface area contributed by atoms with E-state index in [9.17, 15) is 4.79 Å². The molecule has 0 atom stereocenters. The second-order valence-electron chi connectivity index (χ2n) is 4.97. The molecule has 21 heavy (non-hydrogen) atoms. The van der Waals surface area contributed by atoms with Gasteiger partial charge in [0.25, 0.3) is 5.91 Å². The van der Waals surface area contributed by atoms with Crippen molar-refractivity contribution in [1.82, 2.24) is 5.32 Å². The van der Waals surface area contributed by atoms with E-state index in [4.69, 9.17) is 10.00 Å². The molecule has 0 radical (unpaired) electrons. The molecule has 0 unspecified atom stereocenters. The molecular formula is C17H14N2O2. The van der Waals surface area contributed by atoms with E-state index in [1.807, 2.05) is 30.3 Å². The number of carbonyl (C=O) groups excluding carboxylic acids is 1. The van der Waals surface area contributed by atoms with Gasteiger partial charge >= 0.3 is 0 Å². The Hall–Kier alpha value is -2.64. The average Bonchev–Trinajstić information content (AvgIpc) is 3.00. The second kappa shape index (κ2) is 5.78. The number of rotatable bonds is 3. The van der Waals surface area contributed by atoms with Crippen molar-refractivity contribution in [3.63, 3.8) is 0 Å². The molecule has 1 aliphatic rings. The van der Waals surface area contributed by atoms with E-state index < -0.39 is 0 Å². The van der Waals surface area contributed by atoms with Gasteiger partial charge in [-0.25, -0.2) is 0 Å². The molecule has 2 aromatic carbocycles. The zero-order chi connectivity index (χ0) is 14.7. The van der Waals surface area contributed by atoms with Crippen LogP contribution < -0.4 is 5.32 Å². The van der Waals surface area contributed by atoms with Gasteiger partial charge in [-0.3, -0.25) is 4.79 Å². The van der Waals surface area contributed by atoms with Crippen molar-refractivity contribution in [2.24, 2.45) is 0 Å².